The van der Waals surface area contributed by atoms with Crippen molar-refractivity contribution in [2.24, 2.45) is 0 Å². The number of rotatable bonds is 7. The van der Waals surface area contributed by atoms with Crippen molar-refractivity contribution in [3.8, 4) is 5.75 Å². The first kappa shape index (κ1) is 18.9. The zero-order chi connectivity index (χ0) is 19.9. The number of para-hydroxylation sites is 3. The Balaban J connectivity index is 1.85. The lowest BCUT2D eigenvalue weighted by Crippen LogP contribution is -2.13. The average Bonchev–Trinajstić information content (AvgIpc) is 2.70. The van der Waals surface area contributed by atoms with Gasteiger partial charge < -0.3 is 15.4 Å². The first-order chi connectivity index (χ1) is 13.6. The molecule has 28 heavy (non-hydrogen) atoms. The zero-order valence-electron chi connectivity index (χ0n) is 15.2. The van der Waals surface area contributed by atoms with Gasteiger partial charge in [0.15, 0.2) is 0 Å². The minimum Gasteiger partial charge on any atom is -0.492 e. The number of nitro benzene ring substituents is 1. The number of nitro groups is 1. The van der Waals surface area contributed by atoms with E-state index in [0.29, 0.717) is 29.4 Å². The summed E-state index contributed by atoms with van der Waals surface area (Å²) >= 11 is 0. The number of hydrogen-bond acceptors (Lipinski definition) is 5. The molecule has 0 aromatic heterocycles. The van der Waals surface area contributed by atoms with Crippen molar-refractivity contribution in [1.82, 2.24) is 0 Å². The van der Waals surface area contributed by atoms with E-state index >= 15 is 0 Å². The summed E-state index contributed by atoms with van der Waals surface area (Å²) in [7, 11) is 0. The Kier molecular flexibility index (Phi) is 5.86. The van der Waals surface area contributed by atoms with Crippen molar-refractivity contribution in [3.05, 3.63) is 88.5 Å². The third-order valence-electron chi connectivity index (χ3n) is 3.94. The van der Waals surface area contributed by atoms with Gasteiger partial charge in [-0.2, -0.15) is 0 Å². The first-order valence-electron chi connectivity index (χ1n) is 8.72. The minimum atomic E-state index is -0.518. The van der Waals surface area contributed by atoms with Crippen LogP contribution in [0, 0.1) is 10.1 Å². The maximum absolute atomic E-state index is 12.6. The number of carbonyl (C=O) groups excluding carboxylic acids is 1. The SMILES string of the molecule is CCOc1ccccc1NC(=O)c1ccc(Nc2ccccc2)c([N+](=O)[O-])c1. The molecule has 0 unspecified atom stereocenters. The van der Waals surface area contributed by atoms with E-state index in [1.54, 1.807) is 36.4 Å². The third kappa shape index (κ3) is 4.45. The van der Waals surface area contributed by atoms with Gasteiger partial charge in [-0.15, -0.1) is 0 Å². The van der Waals surface area contributed by atoms with Crippen LogP contribution >= 0.6 is 0 Å². The second kappa shape index (κ2) is 8.68. The summed E-state index contributed by atoms with van der Waals surface area (Å²) in [6.07, 6.45) is 0. The van der Waals surface area contributed by atoms with Crippen molar-refractivity contribution >= 4 is 28.7 Å². The van der Waals surface area contributed by atoms with E-state index in [9.17, 15) is 14.9 Å². The van der Waals surface area contributed by atoms with Crippen LogP contribution in [0.4, 0.5) is 22.7 Å². The van der Waals surface area contributed by atoms with Crippen molar-refractivity contribution in [2.45, 2.75) is 6.92 Å². The van der Waals surface area contributed by atoms with Gasteiger partial charge in [-0.25, -0.2) is 0 Å². The molecule has 0 aliphatic carbocycles. The molecule has 2 N–H and O–H groups in total. The maximum atomic E-state index is 12.6. The van der Waals surface area contributed by atoms with Gasteiger partial charge in [-0.05, 0) is 43.3 Å². The van der Waals surface area contributed by atoms with Gasteiger partial charge in [0.25, 0.3) is 11.6 Å². The van der Waals surface area contributed by atoms with Crippen molar-refractivity contribution in [3.63, 3.8) is 0 Å². The zero-order valence-corrected chi connectivity index (χ0v) is 15.2. The summed E-state index contributed by atoms with van der Waals surface area (Å²) in [5, 5.41) is 17.2. The first-order valence-corrected chi connectivity index (χ1v) is 8.72. The molecule has 0 heterocycles. The molecule has 0 radical (unpaired) electrons. The van der Waals surface area contributed by atoms with Crippen LogP contribution in [0.15, 0.2) is 72.8 Å². The standard InChI is InChI=1S/C21H19N3O4/c1-2-28-20-11-7-6-10-18(20)23-21(25)15-12-13-17(19(14-15)24(26)27)22-16-8-4-3-5-9-16/h3-14,22H,2H2,1H3,(H,23,25). The number of ether oxygens (including phenoxy) is 1. The summed E-state index contributed by atoms with van der Waals surface area (Å²) in [5.74, 6) is 0.0803. The van der Waals surface area contributed by atoms with E-state index < -0.39 is 10.8 Å². The van der Waals surface area contributed by atoms with Gasteiger partial charge >= 0.3 is 0 Å². The molecule has 0 aliphatic heterocycles. The largest absolute Gasteiger partial charge is 0.492 e. The molecule has 0 bridgehead atoms. The van der Waals surface area contributed by atoms with Gasteiger partial charge in [0.05, 0.1) is 17.2 Å². The number of amides is 1. The molecule has 1 amide bonds. The van der Waals surface area contributed by atoms with Crippen LogP contribution in [0.25, 0.3) is 0 Å². The van der Waals surface area contributed by atoms with E-state index in [4.69, 9.17) is 4.74 Å². The van der Waals surface area contributed by atoms with Gasteiger partial charge in [0.2, 0.25) is 0 Å². The fraction of sp³-hybridized carbons (Fsp3) is 0.0952. The Hall–Kier alpha value is -3.87. The summed E-state index contributed by atoms with van der Waals surface area (Å²) < 4.78 is 5.49. The van der Waals surface area contributed by atoms with Crippen LogP contribution in [0.2, 0.25) is 0 Å². The van der Waals surface area contributed by atoms with E-state index in [1.807, 2.05) is 25.1 Å². The number of nitrogens with one attached hydrogen (secondary N) is 2. The molecule has 7 heteroatoms. The van der Waals surface area contributed by atoms with Crippen LogP contribution in [-0.2, 0) is 0 Å². The summed E-state index contributed by atoms with van der Waals surface area (Å²) in [6.45, 7) is 2.30. The Morgan fingerprint density at radius 3 is 2.43 bits per heavy atom. The van der Waals surface area contributed by atoms with Crippen LogP contribution in [0.1, 0.15) is 17.3 Å². The average molecular weight is 377 g/mol. The highest BCUT2D eigenvalue weighted by atomic mass is 16.6. The quantitative estimate of drug-likeness (QED) is 0.447. The highest BCUT2D eigenvalue weighted by Gasteiger charge is 2.18. The Morgan fingerprint density at radius 1 is 1.00 bits per heavy atom. The lowest BCUT2D eigenvalue weighted by molar-refractivity contribution is -0.383. The van der Waals surface area contributed by atoms with Crippen LogP contribution in [0.3, 0.4) is 0 Å². The fourth-order valence-electron chi connectivity index (χ4n) is 2.65. The molecule has 3 rings (SSSR count). The van der Waals surface area contributed by atoms with E-state index in [0.717, 1.165) is 0 Å². The van der Waals surface area contributed by atoms with Gasteiger partial charge in [0.1, 0.15) is 11.4 Å². The lowest BCUT2D eigenvalue weighted by Gasteiger charge is -2.12. The normalized spacial score (nSPS) is 10.2. The van der Waals surface area contributed by atoms with Gasteiger partial charge in [-0.3, -0.25) is 14.9 Å². The molecule has 0 aliphatic rings. The monoisotopic (exact) mass is 377 g/mol. The van der Waals surface area contributed by atoms with Crippen molar-refractivity contribution in [1.29, 1.82) is 0 Å². The molecule has 142 valence electrons. The minimum absolute atomic E-state index is 0.177. The highest BCUT2D eigenvalue weighted by molar-refractivity contribution is 6.05. The lowest BCUT2D eigenvalue weighted by atomic mass is 10.1. The predicted octanol–water partition coefficient (Wildman–Crippen LogP) is 4.99. The van der Waals surface area contributed by atoms with E-state index in [-0.39, 0.29) is 11.3 Å². The number of anilines is 3. The molecular formula is C21H19N3O4. The molecule has 0 atom stereocenters. The molecule has 0 saturated carbocycles. The smallest absolute Gasteiger partial charge is 0.293 e. The Labute approximate surface area is 162 Å². The second-order valence-electron chi connectivity index (χ2n) is 5.86. The molecule has 3 aromatic carbocycles. The van der Waals surface area contributed by atoms with Gasteiger partial charge in [-0.1, -0.05) is 30.3 Å². The van der Waals surface area contributed by atoms with Crippen molar-refractivity contribution < 1.29 is 14.5 Å². The summed E-state index contributed by atoms with van der Waals surface area (Å²) in [6, 6.07) is 20.4. The number of carbonyl (C=O) groups is 1. The summed E-state index contributed by atoms with van der Waals surface area (Å²) in [5.41, 5.74) is 1.52. The predicted molar refractivity (Wildman–Crippen MR) is 108 cm³/mol. The van der Waals surface area contributed by atoms with Crippen LogP contribution < -0.4 is 15.4 Å². The summed E-state index contributed by atoms with van der Waals surface area (Å²) in [4.78, 5) is 23.6. The third-order valence-corrected chi connectivity index (χ3v) is 3.94. The topological polar surface area (TPSA) is 93.5 Å². The number of hydrogen-bond donors (Lipinski definition) is 2. The van der Waals surface area contributed by atoms with E-state index in [2.05, 4.69) is 10.6 Å². The van der Waals surface area contributed by atoms with Gasteiger partial charge in [0, 0.05) is 17.3 Å². The number of nitrogens with zero attached hydrogens (tertiary/aromatic N) is 1. The fourth-order valence-corrected chi connectivity index (χ4v) is 2.65. The molecule has 0 spiro atoms. The van der Waals surface area contributed by atoms with E-state index in [1.165, 1.54) is 18.2 Å². The van der Waals surface area contributed by atoms with Crippen LogP contribution in [-0.4, -0.2) is 17.4 Å². The number of benzene rings is 3. The molecule has 0 saturated heterocycles. The van der Waals surface area contributed by atoms with Crippen molar-refractivity contribution in [2.75, 3.05) is 17.2 Å². The molecule has 0 fully saturated rings. The molecule has 7 nitrogen and oxygen atoms in total. The highest BCUT2D eigenvalue weighted by Crippen LogP contribution is 2.30. The van der Waals surface area contributed by atoms with Crippen LogP contribution in [0.5, 0.6) is 5.75 Å². The molecule has 3 aromatic rings. The Morgan fingerprint density at radius 2 is 1.71 bits per heavy atom. The molecular weight excluding hydrogens is 358 g/mol. The maximum Gasteiger partial charge on any atom is 0.293 e. The second-order valence-corrected chi connectivity index (χ2v) is 5.86. The Bertz CT molecular complexity index is 990.